The molecule has 0 aliphatic heterocycles. The standard InChI is InChI=1S/C57H83N2O17P2/c1-17-20-22-24-26-44(61)69-38-30-28-37(29-31-38)47-36(4)39-34-40(42(35-41(39)59(47)19-3)70-45(62)27-25-23-21-18-2)58-43(60)32-33-46(77(67)75-52(71-48(63)54(5,6)7)72-49(64)55(8,9)10)78(68)76-53(73-50(65)56(11,12)13)74-51(66)57(14,15)16/h28-31,34-35,46,52-53H,17-27,32-33H2,1-16H3/q+1/p+1. The Kier molecular flexibility index (Phi) is 25.3. The van der Waals surface area contributed by atoms with Crippen molar-refractivity contribution in [3.05, 3.63) is 42.0 Å². The van der Waals surface area contributed by atoms with E-state index in [2.05, 4.69) is 19.2 Å². The molecule has 78 heavy (non-hydrogen) atoms. The number of hydrogen-bond donors (Lipinski definition) is 1. The van der Waals surface area contributed by atoms with Crippen molar-refractivity contribution in [3.63, 3.8) is 0 Å². The maximum Gasteiger partial charge on any atom is 0.574 e. The Balaban J connectivity index is 2.12. The molecule has 3 aromatic rings. The van der Waals surface area contributed by atoms with Crippen LogP contribution < -0.4 is 14.8 Å². The Hall–Kier alpha value is -5.61. The summed E-state index contributed by atoms with van der Waals surface area (Å²) >= 11 is 0. The average molecular weight is 1130 g/mol. The molecule has 0 spiro atoms. The Morgan fingerprint density at radius 2 is 0.987 bits per heavy atom. The molecule has 0 saturated heterocycles. The number of benzene rings is 2. The molecule has 0 fully saturated rings. The second-order valence-electron chi connectivity index (χ2n) is 23.2. The summed E-state index contributed by atoms with van der Waals surface area (Å²) in [6, 6.07) is 10.5. The molecule has 1 N–H and O–H groups in total. The van der Waals surface area contributed by atoms with Crippen molar-refractivity contribution in [1.29, 1.82) is 0 Å². The minimum absolute atomic E-state index is 0.0324. The van der Waals surface area contributed by atoms with E-state index in [0.717, 1.165) is 61.8 Å². The Morgan fingerprint density at radius 3 is 1.38 bits per heavy atom. The molecule has 2 aromatic carbocycles. The van der Waals surface area contributed by atoms with Gasteiger partial charge < -0.3 is 38.3 Å². The summed E-state index contributed by atoms with van der Waals surface area (Å²) in [5, 5.41) is 1.67. The van der Waals surface area contributed by atoms with Gasteiger partial charge in [-0.2, -0.15) is 0 Å². The van der Waals surface area contributed by atoms with Gasteiger partial charge in [-0.3, -0.25) is 33.6 Å². The summed E-state index contributed by atoms with van der Waals surface area (Å²) in [7, 11) is -6.85. The number of rotatable bonds is 28. The first kappa shape index (κ1) is 66.7. The van der Waals surface area contributed by atoms with Crippen molar-refractivity contribution >= 4 is 74.4 Å². The van der Waals surface area contributed by atoms with Crippen LogP contribution in [0.3, 0.4) is 0 Å². The highest BCUT2D eigenvalue weighted by molar-refractivity contribution is 7.58. The monoisotopic (exact) mass is 1130 g/mol. The molecule has 0 bridgehead atoms. The molecule has 2 unspecified atom stereocenters. The van der Waals surface area contributed by atoms with Crippen LogP contribution in [0.15, 0.2) is 36.4 Å². The third kappa shape index (κ3) is 20.9. The number of amides is 1. The second kappa shape index (κ2) is 29.6. The smallest absolute Gasteiger partial charge is 0.427 e. The second-order valence-corrected chi connectivity index (χ2v) is 26.4. The number of ether oxygens (including phenoxy) is 6. The third-order valence-electron chi connectivity index (χ3n) is 11.8. The summed E-state index contributed by atoms with van der Waals surface area (Å²) in [5.41, 5.74) is -1.46. The predicted molar refractivity (Wildman–Crippen MR) is 295 cm³/mol. The lowest BCUT2D eigenvalue weighted by atomic mass is 9.97. The van der Waals surface area contributed by atoms with E-state index in [1.165, 1.54) is 83.1 Å². The molecule has 1 aromatic heterocycles. The van der Waals surface area contributed by atoms with Crippen molar-refractivity contribution in [1.82, 2.24) is 4.57 Å². The summed E-state index contributed by atoms with van der Waals surface area (Å²) in [6.07, 6.45) is 6.35. The topological polar surface area (TPSA) is 244 Å². The minimum atomic E-state index is -3.42. The van der Waals surface area contributed by atoms with Gasteiger partial charge in [0, 0.05) is 37.3 Å². The number of unbranched alkanes of at least 4 members (excludes halogenated alkanes) is 6. The maximum absolute atomic E-state index is 14.4. The number of carbonyl (C=O) groups excluding carboxylic acids is 7. The SMILES string of the molecule is CCCCCCC(=O)Oc1ccc(-c2c(C)c3cc(NC(=O)CCC([P+](=O)OC(OC(=O)C(C)(C)C)OC(=O)C(C)(C)C)[P+](=O)OC(OC(=O)C(C)(C)C)OC(=O)C(C)(C)C)c(OC(=O)CCCCCC)cc3n2CC)cc1. The van der Waals surface area contributed by atoms with Gasteiger partial charge in [-0.15, -0.1) is 0 Å². The van der Waals surface area contributed by atoms with Gasteiger partial charge in [-0.25, -0.2) is 0 Å². The number of esters is 6. The molecular formula is C57H84N2O17P2+2. The molecule has 21 heteroatoms. The number of hydrogen-bond acceptors (Lipinski definition) is 17. The van der Waals surface area contributed by atoms with Gasteiger partial charge in [0.25, 0.3) is 0 Å². The van der Waals surface area contributed by atoms with Crippen LogP contribution in [0.5, 0.6) is 11.5 Å². The van der Waals surface area contributed by atoms with Crippen LogP contribution in [0.25, 0.3) is 22.2 Å². The number of aryl methyl sites for hydroxylation is 2. The Bertz CT molecular complexity index is 2480. The highest BCUT2D eigenvalue weighted by Crippen LogP contribution is 2.51. The summed E-state index contributed by atoms with van der Waals surface area (Å²) < 4.78 is 75.0. The van der Waals surface area contributed by atoms with E-state index in [0.29, 0.717) is 36.0 Å². The molecule has 2 atom stereocenters. The van der Waals surface area contributed by atoms with Crippen molar-refractivity contribution in [2.75, 3.05) is 5.32 Å². The third-order valence-corrected chi connectivity index (χ3v) is 15.2. The van der Waals surface area contributed by atoms with E-state index in [1.807, 2.05) is 30.5 Å². The lowest BCUT2D eigenvalue weighted by Gasteiger charge is -2.23. The van der Waals surface area contributed by atoms with Crippen LogP contribution in [0.4, 0.5) is 5.69 Å². The van der Waals surface area contributed by atoms with Gasteiger partial charge >= 0.3 is 70.2 Å². The van der Waals surface area contributed by atoms with Crippen LogP contribution in [-0.4, -0.2) is 64.6 Å². The van der Waals surface area contributed by atoms with Gasteiger partial charge in [0.1, 0.15) is 5.75 Å². The first-order valence-electron chi connectivity index (χ1n) is 26.8. The zero-order valence-electron chi connectivity index (χ0n) is 48.7. The minimum Gasteiger partial charge on any atom is -0.427 e. The van der Waals surface area contributed by atoms with Crippen LogP contribution in [-0.2, 0) is 77.2 Å². The molecule has 0 radical (unpaired) electrons. The van der Waals surface area contributed by atoms with Gasteiger partial charge in [0.2, 0.25) is 5.91 Å². The normalized spacial score (nSPS) is 12.9. The number of carbonyl (C=O) groups is 7. The highest BCUT2D eigenvalue weighted by atomic mass is 31.2. The number of nitrogens with one attached hydrogen (secondary N) is 1. The van der Waals surface area contributed by atoms with Crippen LogP contribution >= 0.6 is 16.1 Å². The van der Waals surface area contributed by atoms with Crippen molar-refractivity contribution < 1.29 is 80.2 Å². The van der Waals surface area contributed by atoms with Crippen LogP contribution in [0.1, 0.15) is 186 Å². The van der Waals surface area contributed by atoms with Crippen molar-refractivity contribution in [2.24, 2.45) is 21.7 Å². The van der Waals surface area contributed by atoms with Gasteiger partial charge in [-0.05, 0) is 160 Å². The lowest BCUT2D eigenvalue weighted by Crippen LogP contribution is -2.35. The average Bonchev–Trinajstić information content (AvgIpc) is 3.60. The molecular weight excluding hydrogens is 1050 g/mol. The molecule has 432 valence electrons. The van der Waals surface area contributed by atoms with E-state index in [4.69, 9.17) is 37.5 Å². The first-order valence-corrected chi connectivity index (χ1v) is 29.3. The van der Waals surface area contributed by atoms with E-state index >= 15 is 0 Å². The predicted octanol–water partition coefficient (Wildman–Crippen LogP) is 13.9. The van der Waals surface area contributed by atoms with Gasteiger partial charge in [0.15, 0.2) is 5.75 Å². The summed E-state index contributed by atoms with van der Waals surface area (Å²) in [4.78, 5) is 92.6. The number of anilines is 1. The fourth-order valence-electron chi connectivity index (χ4n) is 7.12. The van der Waals surface area contributed by atoms with E-state index < -0.39 is 105 Å². The van der Waals surface area contributed by atoms with E-state index in [9.17, 15) is 42.7 Å². The molecule has 0 aliphatic carbocycles. The molecule has 1 amide bonds. The maximum atomic E-state index is 14.4. The van der Waals surface area contributed by atoms with Crippen molar-refractivity contribution in [3.8, 4) is 22.8 Å². The molecule has 0 aliphatic rings. The molecule has 1 heterocycles. The lowest BCUT2D eigenvalue weighted by molar-refractivity contribution is -0.244. The summed E-state index contributed by atoms with van der Waals surface area (Å²) in [5.74, 6) is -4.85. The zero-order chi connectivity index (χ0) is 58.9. The van der Waals surface area contributed by atoms with Crippen LogP contribution in [0, 0.1) is 28.6 Å². The van der Waals surface area contributed by atoms with Gasteiger partial charge in [0.05, 0.1) is 45.0 Å². The zero-order valence-corrected chi connectivity index (χ0v) is 50.5. The number of nitrogens with zero attached hydrogens (tertiary/aromatic N) is 1. The van der Waals surface area contributed by atoms with E-state index in [1.54, 1.807) is 24.3 Å². The molecule has 0 saturated carbocycles. The van der Waals surface area contributed by atoms with Crippen LogP contribution in [0.2, 0.25) is 0 Å². The highest BCUT2D eigenvalue weighted by Gasteiger charge is 2.57. The number of aromatic nitrogens is 1. The fraction of sp³-hybridized carbons (Fsp3) is 0.632. The molecule has 19 nitrogen and oxygen atoms in total. The first-order chi connectivity index (χ1) is 36.2. The quantitative estimate of drug-likeness (QED) is 0.0233. The Morgan fingerprint density at radius 1 is 0.564 bits per heavy atom. The fourth-order valence-corrected chi connectivity index (χ4v) is 9.53. The van der Waals surface area contributed by atoms with E-state index in [-0.39, 0.29) is 23.8 Å². The number of fused-ring (bicyclic) bond motifs is 1. The largest absolute Gasteiger partial charge is 0.574 e. The molecule has 3 rings (SSSR count). The van der Waals surface area contributed by atoms with Gasteiger partial charge in [-0.1, -0.05) is 61.4 Å². The van der Waals surface area contributed by atoms with Crippen molar-refractivity contribution in [2.45, 2.75) is 213 Å². The Labute approximate surface area is 461 Å². The summed E-state index contributed by atoms with van der Waals surface area (Å²) in [6.45, 7) is 22.2.